The summed E-state index contributed by atoms with van der Waals surface area (Å²) in [6, 6.07) is 18.4. The van der Waals surface area contributed by atoms with Gasteiger partial charge in [0.05, 0.1) is 0 Å². The standard InChI is InChI=1S/C14H15OS.F6P/c1-16(15)14-10-6-5-9-13(14)11-12-7-3-2-4-8-12;1-7(2,3,4,5)6/h2-10,15H,11H2,1H3;/q+1;-1. The second-order valence-corrected chi connectivity index (χ2v) is 8.02. The molecule has 9 heteroatoms. The van der Waals surface area contributed by atoms with Gasteiger partial charge < -0.3 is 0 Å². The predicted octanol–water partition coefficient (Wildman–Crippen LogP) is 6.74. The summed E-state index contributed by atoms with van der Waals surface area (Å²) in [4.78, 5) is 1.05. The van der Waals surface area contributed by atoms with E-state index in [0.717, 1.165) is 11.3 Å². The first kappa shape index (κ1) is 19.8. The van der Waals surface area contributed by atoms with Gasteiger partial charge in [-0.2, -0.15) is 4.55 Å². The molecule has 1 nitrogen and oxygen atoms in total. The number of rotatable bonds is 3. The van der Waals surface area contributed by atoms with Crippen LogP contribution in [0.1, 0.15) is 11.1 Å². The molecule has 0 fully saturated rings. The number of halogens is 6. The molecule has 0 spiro atoms. The molecule has 2 aromatic rings. The normalized spacial score (nSPS) is 15.7. The minimum atomic E-state index is -10.7. The maximum absolute atomic E-state index is 10.7. The topological polar surface area (TPSA) is 20.2 Å². The number of hydrogen-bond acceptors (Lipinski definition) is 1. The molecule has 0 aliphatic heterocycles. The first-order chi connectivity index (χ1) is 10.2. The molecule has 1 N–H and O–H groups in total. The van der Waals surface area contributed by atoms with Crippen molar-refractivity contribution in [1.29, 1.82) is 0 Å². The van der Waals surface area contributed by atoms with Crippen LogP contribution in [0.2, 0.25) is 0 Å². The molecule has 0 saturated heterocycles. The molecule has 1 unspecified atom stereocenters. The summed E-state index contributed by atoms with van der Waals surface area (Å²) in [6.45, 7) is 0. The Hall–Kier alpha value is -1.24. The van der Waals surface area contributed by atoms with Crippen LogP contribution in [0.4, 0.5) is 25.2 Å². The Morgan fingerprint density at radius 3 is 1.74 bits per heavy atom. The van der Waals surface area contributed by atoms with Crippen LogP contribution in [0.5, 0.6) is 0 Å². The summed E-state index contributed by atoms with van der Waals surface area (Å²) < 4.78 is 68.9. The molecule has 0 bridgehead atoms. The summed E-state index contributed by atoms with van der Waals surface area (Å²) in [5.41, 5.74) is 2.49. The number of hydrogen-bond donors (Lipinski definition) is 1. The second kappa shape index (κ2) is 6.34. The van der Waals surface area contributed by atoms with E-state index in [9.17, 15) is 29.7 Å². The Bertz CT molecular complexity index is 631. The van der Waals surface area contributed by atoms with Crippen LogP contribution >= 0.6 is 7.81 Å². The van der Waals surface area contributed by atoms with Crippen molar-refractivity contribution < 1.29 is 29.7 Å². The molecular weight excluding hydrogens is 361 g/mol. The third kappa shape index (κ3) is 11.0. The third-order valence-corrected chi connectivity index (χ3v) is 3.56. The first-order valence-electron chi connectivity index (χ1n) is 6.25. The van der Waals surface area contributed by atoms with Crippen molar-refractivity contribution in [1.82, 2.24) is 0 Å². The van der Waals surface area contributed by atoms with E-state index in [1.165, 1.54) is 11.1 Å². The monoisotopic (exact) mass is 376 g/mol. The summed E-state index contributed by atoms with van der Waals surface area (Å²) in [6.07, 6.45) is 2.72. The Morgan fingerprint density at radius 2 is 1.26 bits per heavy atom. The fourth-order valence-electron chi connectivity index (χ4n) is 1.75. The predicted molar refractivity (Wildman–Crippen MR) is 83.4 cm³/mol. The average Bonchev–Trinajstić information content (AvgIpc) is 2.36. The van der Waals surface area contributed by atoms with Crippen molar-refractivity contribution >= 4 is 19.0 Å². The van der Waals surface area contributed by atoms with Gasteiger partial charge in [0.15, 0.2) is 16.1 Å². The van der Waals surface area contributed by atoms with E-state index in [4.69, 9.17) is 0 Å². The van der Waals surface area contributed by atoms with E-state index in [1.807, 2.05) is 42.7 Å². The summed E-state index contributed by atoms with van der Waals surface area (Å²) in [7, 11) is -10.7. The van der Waals surface area contributed by atoms with Crippen LogP contribution in [0.3, 0.4) is 0 Å². The molecule has 0 amide bonds. The Morgan fingerprint density at radius 1 is 0.826 bits per heavy atom. The molecule has 0 aromatic heterocycles. The zero-order valence-corrected chi connectivity index (χ0v) is 13.7. The Labute approximate surface area is 132 Å². The van der Waals surface area contributed by atoms with Gasteiger partial charge in [-0.3, -0.25) is 0 Å². The van der Waals surface area contributed by atoms with Gasteiger partial charge in [-0.15, -0.1) is 0 Å². The van der Waals surface area contributed by atoms with E-state index in [1.54, 1.807) is 0 Å². The number of benzene rings is 2. The van der Waals surface area contributed by atoms with Crippen molar-refractivity contribution in [2.75, 3.05) is 6.26 Å². The van der Waals surface area contributed by atoms with Crippen LogP contribution in [0.15, 0.2) is 59.5 Å². The van der Waals surface area contributed by atoms with Crippen molar-refractivity contribution in [2.45, 2.75) is 11.3 Å². The van der Waals surface area contributed by atoms with Gasteiger partial charge >= 0.3 is 33.0 Å². The van der Waals surface area contributed by atoms with Crippen LogP contribution < -0.4 is 0 Å². The van der Waals surface area contributed by atoms with Crippen molar-refractivity contribution in [2.24, 2.45) is 0 Å². The fourth-order valence-corrected chi connectivity index (χ4v) is 2.55. The van der Waals surface area contributed by atoms with Crippen molar-refractivity contribution in [3.63, 3.8) is 0 Å². The molecule has 2 rings (SSSR count). The second-order valence-electron chi connectivity index (χ2n) is 4.71. The van der Waals surface area contributed by atoms with Gasteiger partial charge in [0.1, 0.15) is 6.26 Å². The van der Waals surface area contributed by atoms with E-state index in [0.29, 0.717) is 0 Å². The fraction of sp³-hybridized carbons (Fsp3) is 0.143. The molecule has 1 atom stereocenters. The van der Waals surface area contributed by atoms with Gasteiger partial charge in [0, 0.05) is 12.0 Å². The van der Waals surface area contributed by atoms with Gasteiger partial charge in [0.25, 0.3) is 0 Å². The van der Waals surface area contributed by atoms with E-state index < -0.39 is 19.0 Å². The molecule has 0 radical (unpaired) electrons. The molecule has 2 aromatic carbocycles. The van der Waals surface area contributed by atoms with E-state index in [2.05, 4.69) is 18.2 Å². The van der Waals surface area contributed by atoms with Gasteiger partial charge in [-0.05, 0) is 11.6 Å². The van der Waals surface area contributed by atoms with E-state index >= 15 is 0 Å². The third-order valence-electron chi connectivity index (χ3n) is 2.53. The van der Waals surface area contributed by atoms with Gasteiger partial charge in [-0.1, -0.05) is 48.5 Å². The molecule has 0 heterocycles. The van der Waals surface area contributed by atoms with Crippen molar-refractivity contribution in [3.8, 4) is 0 Å². The SMILES string of the molecule is C[S+](O)c1ccccc1Cc1ccccc1.F[P-](F)(F)(F)(F)F. The molecular formula is C14H15F6OPS. The quantitative estimate of drug-likeness (QED) is 0.357. The Kier molecular flexibility index (Phi) is 5.46. The zero-order valence-electron chi connectivity index (χ0n) is 12.0. The Balaban J connectivity index is 0.000000322. The van der Waals surface area contributed by atoms with Crippen LogP contribution in [0, 0.1) is 0 Å². The van der Waals surface area contributed by atoms with Crippen LogP contribution in [0.25, 0.3) is 0 Å². The average molecular weight is 376 g/mol. The molecule has 0 aliphatic rings. The van der Waals surface area contributed by atoms with Gasteiger partial charge in [0.2, 0.25) is 0 Å². The summed E-state index contributed by atoms with van der Waals surface area (Å²) >= 11 is -0.664. The molecule has 23 heavy (non-hydrogen) atoms. The molecule has 0 aliphatic carbocycles. The molecule has 130 valence electrons. The van der Waals surface area contributed by atoms with Gasteiger partial charge in [-0.25, -0.2) is 0 Å². The van der Waals surface area contributed by atoms with Crippen molar-refractivity contribution in [3.05, 3.63) is 65.7 Å². The molecule has 0 saturated carbocycles. The maximum atomic E-state index is 9.87. The zero-order chi connectivity index (χ0) is 17.8. The summed E-state index contributed by atoms with van der Waals surface area (Å²) in [5.74, 6) is 0. The summed E-state index contributed by atoms with van der Waals surface area (Å²) in [5, 5.41) is 0. The van der Waals surface area contributed by atoms with Crippen LogP contribution in [-0.4, -0.2) is 10.8 Å². The van der Waals surface area contributed by atoms with Crippen LogP contribution in [-0.2, 0) is 17.6 Å². The first-order valence-corrected chi connectivity index (χ1v) is 9.87. The van der Waals surface area contributed by atoms with E-state index in [-0.39, 0.29) is 0 Å². The minimum absolute atomic E-state index is 0.664.